The Morgan fingerprint density at radius 2 is 1.90 bits per heavy atom. The molecule has 2 rings (SSSR count). The summed E-state index contributed by atoms with van der Waals surface area (Å²) < 4.78 is 5.63. The van der Waals surface area contributed by atoms with E-state index in [0.717, 1.165) is 11.1 Å². The van der Waals surface area contributed by atoms with Gasteiger partial charge in [-0.1, -0.05) is 17.7 Å². The van der Waals surface area contributed by atoms with Crippen molar-refractivity contribution in [1.29, 1.82) is 0 Å². The smallest absolute Gasteiger partial charge is 0.335 e. The lowest BCUT2D eigenvalue weighted by molar-refractivity contribution is -0.384. The van der Waals surface area contributed by atoms with Crippen LogP contribution in [0.3, 0.4) is 0 Å². The lowest BCUT2D eigenvalue weighted by atomic mass is 10.1. The van der Waals surface area contributed by atoms with Crippen molar-refractivity contribution in [3.8, 4) is 11.5 Å². The molecule has 0 aromatic heterocycles. The number of nitrogens with two attached hydrogens (primary N) is 1. The lowest BCUT2D eigenvalue weighted by Crippen LogP contribution is -2.09. The van der Waals surface area contributed by atoms with Crippen LogP contribution in [0.2, 0.25) is 5.02 Å². The molecule has 2 aromatic carbocycles. The number of nitrogens with one attached hydrogen (secondary N) is 1. The van der Waals surface area contributed by atoms with Crippen LogP contribution in [0.25, 0.3) is 0 Å². The maximum absolute atomic E-state index is 11.2. The Hall–Kier alpha value is -2.31. The number of halogens is 1. The van der Waals surface area contributed by atoms with E-state index >= 15 is 0 Å². The van der Waals surface area contributed by atoms with Gasteiger partial charge in [-0.15, -0.1) is 0 Å². The Bertz CT molecular complexity index is 681. The summed E-state index contributed by atoms with van der Waals surface area (Å²) in [5.41, 5.74) is 3.93. The third-order valence-electron chi connectivity index (χ3n) is 2.97. The first-order valence-electron chi connectivity index (χ1n) is 6.12. The number of nitro benzene ring substituents is 1. The molecule has 7 heteroatoms. The summed E-state index contributed by atoms with van der Waals surface area (Å²) in [6.07, 6.45) is 0. The van der Waals surface area contributed by atoms with Crippen molar-refractivity contribution in [3.05, 3.63) is 56.6 Å². The second-order valence-corrected chi connectivity index (χ2v) is 4.90. The third kappa shape index (κ3) is 3.07. The molecule has 0 bridgehead atoms. The molecule has 0 radical (unpaired) electrons. The minimum Gasteiger partial charge on any atom is -0.450 e. The molecule has 3 N–H and O–H groups in total. The summed E-state index contributed by atoms with van der Waals surface area (Å²) in [5.74, 6) is 5.88. The molecule has 2 aromatic rings. The van der Waals surface area contributed by atoms with Crippen LogP contribution in [0.4, 0.5) is 11.4 Å². The van der Waals surface area contributed by atoms with Crippen LogP contribution >= 0.6 is 11.6 Å². The summed E-state index contributed by atoms with van der Waals surface area (Å²) in [7, 11) is 0. The Morgan fingerprint density at radius 1 is 1.29 bits per heavy atom. The maximum atomic E-state index is 11.2. The van der Waals surface area contributed by atoms with Crippen LogP contribution in [-0.4, -0.2) is 4.92 Å². The minimum absolute atomic E-state index is 0.108. The van der Waals surface area contributed by atoms with Gasteiger partial charge < -0.3 is 10.2 Å². The Labute approximate surface area is 126 Å². The highest BCUT2D eigenvalue weighted by Gasteiger charge is 2.21. The van der Waals surface area contributed by atoms with E-state index in [-0.39, 0.29) is 17.1 Å². The molecule has 0 aliphatic heterocycles. The van der Waals surface area contributed by atoms with Crippen LogP contribution in [-0.2, 0) is 0 Å². The predicted molar refractivity (Wildman–Crippen MR) is 81.9 cm³/mol. The van der Waals surface area contributed by atoms with Crippen molar-refractivity contribution in [2.45, 2.75) is 13.8 Å². The summed E-state index contributed by atoms with van der Waals surface area (Å²) in [5, 5.41) is 11.8. The van der Waals surface area contributed by atoms with Gasteiger partial charge in [0.05, 0.1) is 4.92 Å². The van der Waals surface area contributed by atoms with Crippen molar-refractivity contribution < 1.29 is 9.66 Å². The number of nitrogen functional groups attached to an aromatic ring is 1. The first-order valence-corrected chi connectivity index (χ1v) is 6.50. The zero-order valence-electron chi connectivity index (χ0n) is 11.5. The summed E-state index contributed by atoms with van der Waals surface area (Å²) in [4.78, 5) is 10.6. The fraction of sp³-hybridized carbons (Fsp3) is 0.143. The Morgan fingerprint density at radius 3 is 2.43 bits per heavy atom. The van der Waals surface area contributed by atoms with Crippen molar-refractivity contribution in [2.24, 2.45) is 5.84 Å². The average Bonchev–Trinajstić information content (AvgIpc) is 2.44. The van der Waals surface area contributed by atoms with Crippen LogP contribution < -0.4 is 16.0 Å². The standard InChI is InChI=1S/C14H14ClN3O3/c1-8-6-10(7-9(2)13(8)15)21-12-5-3-4-11(17-16)14(12)18(19)20/h3-7,17H,16H2,1-2H3. The van der Waals surface area contributed by atoms with Crippen molar-refractivity contribution in [3.63, 3.8) is 0 Å². The molecule has 0 unspecified atom stereocenters. The van der Waals surface area contributed by atoms with Gasteiger partial charge in [-0.2, -0.15) is 0 Å². The zero-order chi connectivity index (χ0) is 15.6. The van der Waals surface area contributed by atoms with Crippen LogP contribution in [0.5, 0.6) is 11.5 Å². The second kappa shape index (κ2) is 5.99. The molecule has 0 aliphatic carbocycles. The van der Waals surface area contributed by atoms with Gasteiger partial charge in [0.15, 0.2) is 0 Å². The summed E-state index contributed by atoms with van der Waals surface area (Å²) in [6.45, 7) is 3.68. The number of hydrogen-bond donors (Lipinski definition) is 2. The number of para-hydroxylation sites is 1. The highest BCUT2D eigenvalue weighted by Crippen LogP contribution is 2.38. The summed E-state index contributed by atoms with van der Waals surface area (Å²) in [6, 6.07) is 8.08. The fourth-order valence-corrected chi connectivity index (χ4v) is 2.11. The number of nitro groups is 1. The third-order valence-corrected chi connectivity index (χ3v) is 3.57. The van der Waals surface area contributed by atoms with E-state index in [9.17, 15) is 10.1 Å². The number of hydrazine groups is 1. The van der Waals surface area contributed by atoms with E-state index in [0.29, 0.717) is 10.8 Å². The molecular formula is C14H14ClN3O3. The zero-order valence-corrected chi connectivity index (χ0v) is 12.3. The van der Waals surface area contributed by atoms with E-state index in [2.05, 4.69) is 5.43 Å². The van der Waals surface area contributed by atoms with Crippen LogP contribution in [0.1, 0.15) is 11.1 Å². The van der Waals surface area contributed by atoms with Gasteiger partial charge in [-0.3, -0.25) is 16.0 Å². The molecule has 0 saturated heterocycles. The number of hydrogen-bond acceptors (Lipinski definition) is 5. The van der Waals surface area contributed by atoms with Crippen molar-refractivity contribution >= 4 is 23.0 Å². The van der Waals surface area contributed by atoms with Gasteiger partial charge in [-0.25, -0.2) is 0 Å². The number of aryl methyl sites for hydroxylation is 2. The highest BCUT2D eigenvalue weighted by atomic mass is 35.5. The number of rotatable bonds is 4. The number of anilines is 1. The fourth-order valence-electron chi connectivity index (χ4n) is 2.00. The molecule has 0 atom stereocenters. The molecule has 0 saturated carbocycles. The molecule has 0 fully saturated rings. The topological polar surface area (TPSA) is 90.4 Å². The first kappa shape index (κ1) is 15.1. The van der Waals surface area contributed by atoms with Crippen molar-refractivity contribution in [2.75, 3.05) is 5.43 Å². The lowest BCUT2D eigenvalue weighted by Gasteiger charge is -2.11. The molecular weight excluding hydrogens is 294 g/mol. The molecule has 110 valence electrons. The molecule has 0 heterocycles. The van der Waals surface area contributed by atoms with Crippen LogP contribution in [0, 0.1) is 24.0 Å². The first-order chi connectivity index (χ1) is 9.93. The highest BCUT2D eigenvalue weighted by molar-refractivity contribution is 6.32. The normalized spacial score (nSPS) is 10.3. The molecule has 0 spiro atoms. The van der Waals surface area contributed by atoms with E-state index in [1.54, 1.807) is 18.2 Å². The van der Waals surface area contributed by atoms with Gasteiger partial charge in [0.2, 0.25) is 5.75 Å². The summed E-state index contributed by atoms with van der Waals surface area (Å²) >= 11 is 6.09. The van der Waals surface area contributed by atoms with Gasteiger partial charge in [-0.05, 0) is 49.2 Å². The van der Waals surface area contributed by atoms with Gasteiger partial charge in [0.1, 0.15) is 11.4 Å². The Balaban J connectivity index is 2.47. The van der Waals surface area contributed by atoms with Gasteiger partial charge >= 0.3 is 5.69 Å². The molecule has 21 heavy (non-hydrogen) atoms. The number of ether oxygens (including phenoxy) is 1. The molecule has 0 amide bonds. The van der Waals surface area contributed by atoms with Crippen molar-refractivity contribution in [1.82, 2.24) is 0 Å². The van der Waals surface area contributed by atoms with Gasteiger partial charge in [0.25, 0.3) is 0 Å². The van der Waals surface area contributed by atoms with E-state index in [1.165, 1.54) is 12.1 Å². The quantitative estimate of drug-likeness (QED) is 0.507. The van der Waals surface area contributed by atoms with E-state index < -0.39 is 4.92 Å². The SMILES string of the molecule is Cc1cc(Oc2cccc(NN)c2[N+](=O)[O-])cc(C)c1Cl. The molecule has 0 aliphatic rings. The average molecular weight is 308 g/mol. The predicted octanol–water partition coefficient (Wildman–Crippen LogP) is 3.94. The minimum atomic E-state index is -0.542. The van der Waals surface area contributed by atoms with E-state index in [4.69, 9.17) is 22.2 Å². The number of benzene rings is 2. The van der Waals surface area contributed by atoms with Gasteiger partial charge in [0, 0.05) is 5.02 Å². The monoisotopic (exact) mass is 307 g/mol. The van der Waals surface area contributed by atoms with E-state index in [1.807, 2.05) is 13.8 Å². The Kier molecular flexibility index (Phi) is 4.30. The largest absolute Gasteiger partial charge is 0.450 e. The number of nitrogens with zero attached hydrogens (tertiary/aromatic N) is 1. The maximum Gasteiger partial charge on any atom is 0.335 e. The van der Waals surface area contributed by atoms with Crippen LogP contribution in [0.15, 0.2) is 30.3 Å². The molecule has 6 nitrogen and oxygen atoms in total. The second-order valence-electron chi connectivity index (χ2n) is 4.53.